The zero-order valence-electron chi connectivity index (χ0n) is 11.4. The molecule has 3 rings (SSSR count). The summed E-state index contributed by atoms with van der Waals surface area (Å²) >= 11 is 3.05. The second kappa shape index (κ2) is 5.67. The molecule has 1 aromatic carbocycles. The van der Waals surface area contributed by atoms with E-state index in [4.69, 9.17) is 11.1 Å². The molecule has 21 heavy (non-hydrogen) atoms. The first kappa shape index (κ1) is 13.8. The van der Waals surface area contributed by atoms with Crippen LogP contribution >= 0.6 is 22.7 Å². The molecule has 0 bridgehead atoms. The summed E-state index contributed by atoms with van der Waals surface area (Å²) in [5.41, 5.74) is 9.57. The fraction of sp³-hybridized carbons (Fsp3) is 0.0667. The van der Waals surface area contributed by atoms with Crippen molar-refractivity contribution in [2.45, 2.75) is 6.92 Å². The Morgan fingerprint density at radius 3 is 2.62 bits per heavy atom. The lowest BCUT2D eigenvalue weighted by Gasteiger charge is -2.01. The minimum absolute atomic E-state index is 0.113. The molecule has 106 valence electrons. The number of aromatic nitrogens is 1. The molecular formula is C15H14N4S2. The number of nitrogens with one attached hydrogen (secondary N) is 2. The Balaban J connectivity index is 1.87. The lowest BCUT2D eigenvalue weighted by atomic mass is 10.1. The molecule has 0 radical (unpaired) electrons. The van der Waals surface area contributed by atoms with Crippen molar-refractivity contribution >= 4 is 39.3 Å². The number of hydrogen-bond acceptors (Lipinski definition) is 5. The van der Waals surface area contributed by atoms with Crippen LogP contribution in [0.5, 0.6) is 0 Å². The normalized spacial score (nSPS) is 10.5. The number of nitrogen functional groups attached to an aromatic ring is 1. The maximum absolute atomic E-state index is 7.56. The Hall–Kier alpha value is -2.18. The molecule has 0 amide bonds. The van der Waals surface area contributed by atoms with Crippen LogP contribution in [0.3, 0.4) is 0 Å². The van der Waals surface area contributed by atoms with E-state index in [-0.39, 0.29) is 5.84 Å². The van der Waals surface area contributed by atoms with Crippen LogP contribution in [0.15, 0.2) is 41.1 Å². The summed E-state index contributed by atoms with van der Waals surface area (Å²) in [5, 5.41) is 15.7. The van der Waals surface area contributed by atoms with Gasteiger partial charge >= 0.3 is 0 Å². The number of anilines is 2. The van der Waals surface area contributed by atoms with Crippen LogP contribution in [0.2, 0.25) is 0 Å². The lowest BCUT2D eigenvalue weighted by Crippen LogP contribution is -2.10. The lowest BCUT2D eigenvalue weighted by molar-refractivity contribution is 1.36. The smallest absolute Gasteiger partial charge is 0.187 e. The molecule has 3 aromatic rings. The van der Waals surface area contributed by atoms with E-state index in [1.165, 1.54) is 11.3 Å². The number of amidine groups is 1. The third kappa shape index (κ3) is 2.81. The van der Waals surface area contributed by atoms with Crippen molar-refractivity contribution in [1.82, 2.24) is 4.98 Å². The van der Waals surface area contributed by atoms with Gasteiger partial charge in [0, 0.05) is 22.0 Å². The van der Waals surface area contributed by atoms with Crippen LogP contribution in [0.25, 0.3) is 11.3 Å². The second-order valence-electron chi connectivity index (χ2n) is 4.55. The average Bonchev–Trinajstić information content (AvgIpc) is 3.06. The number of nitrogens with two attached hydrogens (primary N) is 1. The molecule has 0 unspecified atom stereocenters. The van der Waals surface area contributed by atoms with Crippen molar-refractivity contribution in [2.75, 3.05) is 5.32 Å². The molecule has 0 spiro atoms. The molecule has 4 nitrogen and oxygen atoms in total. The van der Waals surface area contributed by atoms with Gasteiger partial charge in [-0.15, -0.1) is 22.7 Å². The maximum Gasteiger partial charge on any atom is 0.187 e. The van der Waals surface area contributed by atoms with E-state index >= 15 is 0 Å². The van der Waals surface area contributed by atoms with Crippen LogP contribution in [0, 0.1) is 12.3 Å². The SMILES string of the molecule is Cc1c(-c2csc(Nc3ccccc3)n2)csc1C(=N)N. The van der Waals surface area contributed by atoms with Crippen molar-refractivity contribution in [2.24, 2.45) is 5.73 Å². The van der Waals surface area contributed by atoms with E-state index in [0.29, 0.717) is 0 Å². The van der Waals surface area contributed by atoms with E-state index in [1.54, 1.807) is 11.3 Å². The highest BCUT2D eigenvalue weighted by molar-refractivity contribution is 7.14. The number of rotatable bonds is 4. The zero-order chi connectivity index (χ0) is 14.8. The Labute approximate surface area is 130 Å². The average molecular weight is 314 g/mol. The van der Waals surface area contributed by atoms with E-state index < -0.39 is 0 Å². The highest BCUT2D eigenvalue weighted by Gasteiger charge is 2.14. The van der Waals surface area contributed by atoms with Crippen molar-refractivity contribution in [3.05, 3.63) is 51.5 Å². The minimum atomic E-state index is 0.113. The fourth-order valence-corrected chi connectivity index (χ4v) is 3.71. The number of para-hydroxylation sites is 1. The number of thiophene rings is 1. The molecular weight excluding hydrogens is 300 g/mol. The van der Waals surface area contributed by atoms with Gasteiger partial charge in [-0.05, 0) is 24.6 Å². The first-order chi connectivity index (χ1) is 10.1. The molecule has 0 aliphatic heterocycles. The van der Waals surface area contributed by atoms with E-state index in [1.807, 2.05) is 48.0 Å². The van der Waals surface area contributed by atoms with E-state index in [0.717, 1.165) is 32.5 Å². The molecule has 2 aromatic heterocycles. The molecule has 4 N–H and O–H groups in total. The van der Waals surface area contributed by atoms with Crippen LogP contribution in [0.1, 0.15) is 10.4 Å². The van der Waals surface area contributed by atoms with Crippen LogP contribution in [0.4, 0.5) is 10.8 Å². The third-order valence-electron chi connectivity index (χ3n) is 3.09. The van der Waals surface area contributed by atoms with Gasteiger partial charge in [0.2, 0.25) is 0 Å². The van der Waals surface area contributed by atoms with Gasteiger partial charge in [-0.2, -0.15) is 0 Å². The summed E-state index contributed by atoms with van der Waals surface area (Å²) in [6.45, 7) is 1.98. The molecule has 0 saturated heterocycles. The summed E-state index contributed by atoms with van der Waals surface area (Å²) in [6, 6.07) is 9.96. The number of thiazole rings is 1. The van der Waals surface area contributed by atoms with Crippen LogP contribution in [-0.2, 0) is 0 Å². The van der Waals surface area contributed by atoms with Crippen LogP contribution < -0.4 is 11.1 Å². The number of nitrogens with zero attached hydrogens (tertiary/aromatic N) is 1. The predicted molar refractivity (Wildman–Crippen MR) is 90.9 cm³/mol. The Kier molecular flexibility index (Phi) is 3.72. The molecule has 0 fully saturated rings. The number of benzene rings is 1. The predicted octanol–water partition coefficient (Wildman–Crippen LogP) is 4.21. The molecule has 6 heteroatoms. The first-order valence-electron chi connectivity index (χ1n) is 6.35. The van der Waals surface area contributed by atoms with Gasteiger partial charge in [-0.25, -0.2) is 4.98 Å². The standard InChI is InChI=1S/C15H14N4S2/c1-9-11(7-20-13(9)14(16)17)12-8-21-15(19-12)18-10-5-3-2-4-6-10/h2-8H,1H3,(H3,16,17)(H,18,19). The second-order valence-corrected chi connectivity index (χ2v) is 6.28. The Bertz CT molecular complexity index is 774. The van der Waals surface area contributed by atoms with Gasteiger partial charge in [0.25, 0.3) is 0 Å². The monoisotopic (exact) mass is 314 g/mol. The zero-order valence-corrected chi connectivity index (χ0v) is 13.0. The molecule has 0 saturated carbocycles. The summed E-state index contributed by atoms with van der Waals surface area (Å²) in [6.07, 6.45) is 0. The van der Waals surface area contributed by atoms with Crippen LogP contribution in [-0.4, -0.2) is 10.8 Å². The topological polar surface area (TPSA) is 74.8 Å². The van der Waals surface area contributed by atoms with Gasteiger partial charge in [0.15, 0.2) is 5.13 Å². The number of hydrogen-bond donors (Lipinski definition) is 3. The minimum Gasteiger partial charge on any atom is -0.383 e. The van der Waals surface area contributed by atoms with Gasteiger partial charge < -0.3 is 11.1 Å². The molecule has 0 atom stereocenters. The maximum atomic E-state index is 7.56. The quantitative estimate of drug-likeness (QED) is 0.499. The van der Waals surface area contributed by atoms with E-state index in [9.17, 15) is 0 Å². The van der Waals surface area contributed by atoms with Crippen molar-refractivity contribution in [1.29, 1.82) is 5.41 Å². The largest absolute Gasteiger partial charge is 0.383 e. The van der Waals surface area contributed by atoms with E-state index in [2.05, 4.69) is 10.3 Å². The Morgan fingerprint density at radius 2 is 1.95 bits per heavy atom. The summed E-state index contributed by atoms with van der Waals surface area (Å²) < 4.78 is 0. The van der Waals surface area contributed by atoms with Gasteiger partial charge in [0.05, 0.1) is 10.6 Å². The van der Waals surface area contributed by atoms with Crippen molar-refractivity contribution < 1.29 is 0 Å². The summed E-state index contributed by atoms with van der Waals surface area (Å²) in [4.78, 5) is 5.43. The van der Waals surface area contributed by atoms with Gasteiger partial charge in [-0.1, -0.05) is 18.2 Å². The van der Waals surface area contributed by atoms with Crippen molar-refractivity contribution in [3.8, 4) is 11.3 Å². The summed E-state index contributed by atoms with van der Waals surface area (Å²) in [7, 11) is 0. The first-order valence-corrected chi connectivity index (χ1v) is 8.11. The highest BCUT2D eigenvalue weighted by atomic mass is 32.1. The van der Waals surface area contributed by atoms with Crippen molar-refractivity contribution in [3.63, 3.8) is 0 Å². The summed E-state index contributed by atoms with van der Waals surface area (Å²) in [5.74, 6) is 0.113. The van der Waals surface area contributed by atoms with Gasteiger partial charge in [-0.3, -0.25) is 5.41 Å². The molecule has 2 heterocycles. The highest BCUT2D eigenvalue weighted by Crippen LogP contribution is 2.33. The Morgan fingerprint density at radius 1 is 1.19 bits per heavy atom. The third-order valence-corrected chi connectivity index (χ3v) is 4.96. The van der Waals surface area contributed by atoms with Gasteiger partial charge in [0.1, 0.15) is 5.84 Å². The molecule has 0 aliphatic carbocycles. The molecule has 0 aliphatic rings. The fourth-order valence-electron chi connectivity index (χ4n) is 2.03.